The fourth-order valence-corrected chi connectivity index (χ4v) is 3.11. The van der Waals surface area contributed by atoms with Crippen LogP contribution in [-0.4, -0.2) is 14.9 Å². The smallest absolute Gasteiger partial charge is 0.130 e. The van der Waals surface area contributed by atoms with Gasteiger partial charge < -0.3 is 5.11 Å². The van der Waals surface area contributed by atoms with Gasteiger partial charge in [-0.2, -0.15) is 5.10 Å². The second-order valence-electron chi connectivity index (χ2n) is 4.68. The Hall–Kier alpha value is -0.590. The molecule has 0 fully saturated rings. The number of nitrogens with zero attached hydrogens (tertiary/aromatic N) is 2. The molecule has 1 heterocycles. The summed E-state index contributed by atoms with van der Waals surface area (Å²) in [6.45, 7) is 3.95. The van der Waals surface area contributed by atoms with Crippen molar-refractivity contribution in [3.05, 3.63) is 49.3 Å². The Balaban J connectivity index is 2.31. The third-order valence-corrected chi connectivity index (χ3v) is 5.19. The van der Waals surface area contributed by atoms with Crippen molar-refractivity contribution in [2.75, 3.05) is 0 Å². The second kappa shape index (κ2) is 5.81. The third-order valence-electron chi connectivity index (χ3n) is 3.25. The molecule has 0 aliphatic heterocycles. The lowest BCUT2D eigenvalue weighted by Gasteiger charge is -2.14. The van der Waals surface area contributed by atoms with E-state index in [-0.39, 0.29) is 0 Å². The molecule has 0 saturated carbocycles. The zero-order valence-corrected chi connectivity index (χ0v) is 14.0. The molecule has 2 aromatic rings. The van der Waals surface area contributed by atoms with Crippen LogP contribution in [0.25, 0.3) is 0 Å². The molecule has 1 aromatic heterocycles. The van der Waals surface area contributed by atoms with Crippen LogP contribution in [0.15, 0.2) is 18.2 Å². The zero-order chi connectivity index (χ0) is 14.2. The highest BCUT2D eigenvalue weighted by molar-refractivity contribution is 14.1. The molecule has 0 amide bonds. The summed E-state index contributed by atoms with van der Waals surface area (Å²) in [5.74, 6) is 0. The van der Waals surface area contributed by atoms with Gasteiger partial charge in [-0.3, -0.25) is 4.68 Å². The van der Waals surface area contributed by atoms with Crippen molar-refractivity contribution < 1.29 is 5.11 Å². The molecule has 0 radical (unpaired) electrons. The second-order valence-corrected chi connectivity index (χ2v) is 6.11. The molecule has 3 nitrogen and oxygen atoms in total. The van der Waals surface area contributed by atoms with Gasteiger partial charge in [0.15, 0.2) is 0 Å². The van der Waals surface area contributed by atoms with E-state index in [1.54, 1.807) is 4.68 Å². The van der Waals surface area contributed by atoms with Gasteiger partial charge in [-0.05, 0) is 47.6 Å². The van der Waals surface area contributed by atoms with Crippen molar-refractivity contribution in [1.82, 2.24) is 9.78 Å². The van der Waals surface area contributed by atoms with Gasteiger partial charge in [-0.15, -0.1) is 0 Å². The van der Waals surface area contributed by atoms with Crippen LogP contribution in [0.3, 0.4) is 0 Å². The number of benzene rings is 1. The first kappa shape index (κ1) is 14.8. The first-order valence-electron chi connectivity index (χ1n) is 6.03. The van der Waals surface area contributed by atoms with Gasteiger partial charge in [0.2, 0.25) is 0 Å². The fourth-order valence-electron chi connectivity index (χ4n) is 2.14. The monoisotopic (exact) mass is 390 g/mol. The highest BCUT2D eigenvalue weighted by Crippen LogP contribution is 2.29. The molecule has 102 valence electrons. The summed E-state index contributed by atoms with van der Waals surface area (Å²) in [5.41, 5.74) is 3.90. The number of hydrogen-bond acceptors (Lipinski definition) is 2. The Morgan fingerprint density at radius 1 is 1.42 bits per heavy atom. The van der Waals surface area contributed by atoms with E-state index in [2.05, 4.69) is 27.7 Å². The minimum absolute atomic E-state index is 0.484. The van der Waals surface area contributed by atoms with Crippen LogP contribution in [0.2, 0.25) is 5.15 Å². The van der Waals surface area contributed by atoms with E-state index in [0.717, 1.165) is 20.4 Å². The molecule has 0 bridgehead atoms. The molecule has 0 spiro atoms. The molecule has 5 heteroatoms. The van der Waals surface area contributed by atoms with E-state index < -0.39 is 6.10 Å². The number of aromatic nitrogens is 2. The Morgan fingerprint density at radius 3 is 2.68 bits per heavy atom. The number of hydrogen-bond donors (Lipinski definition) is 1. The topological polar surface area (TPSA) is 38.1 Å². The minimum Gasteiger partial charge on any atom is -0.388 e. The quantitative estimate of drug-likeness (QED) is 0.814. The van der Waals surface area contributed by atoms with Crippen molar-refractivity contribution in [2.45, 2.75) is 26.4 Å². The Morgan fingerprint density at radius 2 is 2.11 bits per heavy atom. The van der Waals surface area contributed by atoms with Gasteiger partial charge in [0.25, 0.3) is 0 Å². The van der Waals surface area contributed by atoms with Crippen LogP contribution in [0.1, 0.15) is 28.5 Å². The van der Waals surface area contributed by atoms with Crippen LogP contribution in [-0.2, 0) is 13.5 Å². The molecule has 1 atom stereocenters. The summed E-state index contributed by atoms with van der Waals surface area (Å²) >= 11 is 8.48. The average Bonchev–Trinajstić information content (AvgIpc) is 2.59. The van der Waals surface area contributed by atoms with E-state index in [4.69, 9.17) is 11.6 Å². The van der Waals surface area contributed by atoms with E-state index in [0.29, 0.717) is 11.6 Å². The molecular weight excluding hydrogens is 375 g/mol. The van der Waals surface area contributed by atoms with Gasteiger partial charge >= 0.3 is 0 Å². The lowest BCUT2D eigenvalue weighted by Crippen LogP contribution is -2.05. The van der Waals surface area contributed by atoms with E-state index in [9.17, 15) is 5.11 Å². The lowest BCUT2D eigenvalue weighted by atomic mass is 10.0. The largest absolute Gasteiger partial charge is 0.388 e. The fraction of sp³-hybridized carbons (Fsp3) is 0.357. The van der Waals surface area contributed by atoms with E-state index >= 15 is 0 Å². The summed E-state index contributed by atoms with van der Waals surface area (Å²) in [6.07, 6.45) is -0.0787. The summed E-state index contributed by atoms with van der Waals surface area (Å²) < 4.78 is 2.74. The maximum Gasteiger partial charge on any atom is 0.130 e. The standard InChI is InChI=1S/C14H16ClIN2O/c1-8-5-4-6-10(13(8)16)12(19)7-11-9(2)17-18(3)14(11)15/h4-6,12,19H,7H2,1-3H3. The van der Waals surface area contributed by atoms with Gasteiger partial charge in [0, 0.05) is 22.6 Å². The van der Waals surface area contributed by atoms with Crippen molar-refractivity contribution in [2.24, 2.45) is 7.05 Å². The molecule has 0 saturated heterocycles. The molecule has 1 unspecified atom stereocenters. The first-order valence-corrected chi connectivity index (χ1v) is 7.48. The molecule has 2 rings (SSSR count). The van der Waals surface area contributed by atoms with Crippen LogP contribution >= 0.6 is 34.2 Å². The Labute approximate surface area is 131 Å². The molecule has 19 heavy (non-hydrogen) atoms. The highest BCUT2D eigenvalue weighted by Gasteiger charge is 2.18. The number of aliphatic hydroxyl groups excluding tert-OH is 1. The first-order chi connectivity index (χ1) is 8.91. The molecule has 0 aliphatic carbocycles. The van der Waals surface area contributed by atoms with Crippen molar-refractivity contribution in [1.29, 1.82) is 0 Å². The van der Waals surface area contributed by atoms with Gasteiger partial charge in [0.05, 0.1) is 11.8 Å². The van der Waals surface area contributed by atoms with Gasteiger partial charge in [-0.1, -0.05) is 29.8 Å². The Bertz CT molecular complexity index is 610. The van der Waals surface area contributed by atoms with Gasteiger partial charge in [-0.25, -0.2) is 0 Å². The molecular formula is C14H16ClIN2O. The van der Waals surface area contributed by atoms with Crippen molar-refractivity contribution in [3.8, 4) is 0 Å². The number of rotatable bonds is 3. The highest BCUT2D eigenvalue weighted by atomic mass is 127. The predicted octanol–water partition coefficient (Wildman–Crippen LogP) is 3.57. The average molecular weight is 391 g/mol. The number of aryl methyl sites for hydroxylation is 3. The van der Waals surface area contributed by atoms with E-state index in [1.807, 2.05) is 39.1 Å². The summed E-state index contributed by atoms with van der Waals surface area (Å²) in [5, 5.41) is 15.3. The van der Waals surface area contributed by atoms with Crippen molar-refractivity contribution in [3.63, 3.8) is 0 Å². The zero-order valence-electron chi connectivity index (χ0n) is 11.1. The van der Waals surface area contributed by atoms with Crippen LogP contribution in [0, 0.1) is 17.4 Å². The van der Waals surface area contributed by atoms with Crippen molar-refractivity contribution >= 4 is 34.2 Å². The maximum absolute atomic E-state index is 10.4. The number of aliphatic hydroxyl groups is 1. The van der Waals surface area contributed by atoms with Gasteiger partial charge in [0.1, 0.15) is 5.15 Å². The predicted molar refractivity (Wildman–Crippen MR) is 85.5 cm³/mol. The van der Waals surface area contributed by atoms with E-state index in [1.165, 1.54) is 5.56 Å². The maximum atomic E-state index is 10.4. The summed E-state index contributed by atoms with van der Waals surface area (Å²) in [6, 6.07) is 5.97. The normalized spacial score (nSPS) is 12.7. The summed E-state index contributed by atoms with van der Waals surface area (Å²) in [4.78, 5) is 0. The SMILES string of the molecule is Cc1cccc(C(O)Cc2c(C)nn(C)c2Cl)c1I. The minimum atomic E-state index is -0.563. The van der Waals surface area contributed by atoms with Crippen LogP contribution in [0.4, 0.5) is 0 Å². The molecule has 1 N–H and O–H groups in total. The molecule has 1 aromatic carbocycles. The number of halogens is 2. The lowest BCUT2D eigenvalue weighted by molar-refractivity contribution is 0.177. The summed E-state index contributed by atoms with van der Waals surface area (Å²) in [7, 11) is 1.81. The van der Waals surface area contributed by atoms with Crippen LogP contribution < -0.4 is 0 Å². The van der Waals surface area contributed by atoms with Crippen LogP contribution in [0.5, 0.6) is 0 Å². The third kappa shape index (κ3) is 2.95. The molecule has 0 aliphatic rings. The Kier molecular flexibility index (Phi) is 4.53.